The normalized spacial score (nSPS) is 19.6. The zero-order chi connectivity index (χ0) is 25.9. The summed E-state index contributed by atoms with van der Waals surface area (Å²) < 4.78 is 16.5. The van der Waals surface area contributed by atoms with Gasteiger partial charge in [-0.3, -0.25) is 4.99 Å². The minimum Gasteiger partial charge on any atom is -0.359 e. The van der Waals surface area contributed by atoms with E-state index in [0.29, 0.717) is 40.5 Å². The topological polar surface area (TPSA) is 42.9 Å². The summed E-state index contributed by atoms with van der Waals surface area (Å²) in [7, 11) is 4.12. The molecule has 2 fully saturated rings. The maximum Gasteiger partial charge on any atom is 0.156 e. The Morgan fingerprint density at radius 1 is 1.19 bits per heavy atom. The average molecular weight is 520 g/mol. The molecule has 2 aliphatic rings. The van der Waals surface area contributed by atoms with Gasteiger partial charge >= 0.3 is 0 Å². The first-order chi connectivity index (χ1) is 18.0. The van der Waals surface area contributed by atoms with Gasteiger partial charge in [-0.15, -0.1) is 0 Å². The predicted molar refractivity (Wildman–Crippen MR) is 154 cm³/mol. The molecule has 0 amide bonds. The molecule has 0 aliphatic carbocycles. The lowest BCUT2D eigenvalue weighted by atomic mass is 9.95. The smallest absolute Gasteiger partial charge is 0.156 e. The molecule has 2 heterocycles. The Morgan fingerprint density at radius 3 is 2.65 bits per heavy atom. The first-order valence-electron chi connectivity index (χ1n) is 13.0. The lowest BCUT2D eigenvalue weighted by Crippen LogP contribution is -2.53. The number of aliphatic imine (C=N–C) groups is 1. The second-order valence-corrected chi connectivity index (χ2v) is 10.7. The number of fused-ring (bicyclic) bond motifs is 3. The van der Waals surface area contributed by atoms with E-state index in [-0.39, 0.29) is 0 Å². The van der Waals surface area contributed by atoms with Crippen LogP contribution in [0.2, 0.25) is 5.02 Å². The van der Waals surface area contributed by atoms with Crippen molar-refractivity contribution in [2.45, 2.75) is 31.3 Å². The van der Waals surface area contributed by atoms with Crippen molar-refractivity contribution >= 4 is 33.9 Å². The van der Waals surface area contributed by atoms with Crippen molar-refractivity contribution in [3.05, 3.63) is 77.7 Å². The third-order valence-corrected chi connectivity index (χ3v) is 7.60. The lowest BCUT2D eigenvalue weighted by molar-refractivity contribution is 0.288. The van der Waals surface area contributed by atoms with E-state index in [4.69, 9.17) is 16.6 Å². The Labute approximate surface area is 224 Å². The van der Waals surface area contributed by atoms with Gasteiger partial charge in [-0.25, -0.2) is 4.39 Å². The van der Waals surface area contributed by atoms with Crippen molar-refractivity contribution in [3.8, 4) is 11.1 Å². The van der Waals surface area contributed by atoms with Crippen LogP contribution >= 0.6 is 11.6 Å². The average Bonchev–Trinajstić information content (AvgIpc) is 3.23. The Balaban J connectivity index is 1.63. The molecule has 3 aromatic carbocycles. The van der Waals surface area contributed by atoms with E-state index in [9.17, 15) is 0 Å². The third kappa shape index (κ3) is 5.37. The fourth-order valence-corrected chi connectivity index (χ4v) is 5.92. The number of hydrogen-bond donors (Lipinski definition) is 2. The number of hydrogen-bond acceptors (Lipinski definition) is 4. The minimum atomic E-state index is -0.391. The van der Waals surface area contributed by atoms with E-state index in [1.807, 2.05) is 48.5 Å². The Bertz CT molecular complexity index is 1300. The first kappa shape index (κ1) is 25.7. The van der Waals surface area contributed by atoms with Gasteiger partial charge in [0.2, 0.25) is 0 Å². The number of nitrogens with zero attached hydrogens (tertiary/aromatic N) is 3. The summed E-state index contributed by atoms with van der Waals surface area (Å²) >= 11 is 6.91. The second-order valence-electron chi connectivity index (χ2n) is 10.3. The fraction of sp³-hybridized carbons (Fsp3) is 0.367. The van der Waals surface area contributed by atoms with E-state index in [1.165, 1.54) is 6.20 Å². The predicted octanol–water partition coefficient (Wildman–Crippen LogP) is 5.99. The number of halogens is 2. The van der Waals surface area contributed by atoms with Gasteiger partial charge in [-0.1, -0.05) is 60.6 Å². The molecule has 2 N–H and O–H groups in total. The van der Waals surface area contributed by atoms with E-state index < -0.39 is 5.82 Å². The minimum absolute atomic E-state index is 0.361. The summed E-state index contributed by atoms with van der Waals surface area (Å²) in [5.74, 6) is 0.407. The van der Waals surface area contributed by atoms with Crippen molar-refractivity contribution in [1.82, 2.24) is 15.1 Å². The molecule has 7 heteroatoms. The van der Waals surface area contributed by atoms with Crippen molar-refractivity contribution < 1.29 is 4.39 Å². The van der Waals surface area contributed by atoms with Gasteiger partial charge < -0.3 is 20.4 Å². The number of amidine groups is 1. The van der Waals surface area contributed by atoms with Crippen LogP contribution in [-0.2, 0) is 0 Å². The number of anilines is 1. The zero-order valence-electron chi connectivity index (χ0n) is 21.6. The molecular formula is C30H35ClFN5. The summed E-state index contributed by atoms with van der Waals surface area (Å²) in [5.41, 5.74) is 2.19. The highest BCUT2D eigenvalue weighted by molar-refractivity contribution is 6.34. The fourth-order valence-electron chi connectivity index (χ4n) is 5.63. The van der Waals surface area contributed by atoms with Gasteiger partial charge in [0, 0.05) is 42.8 Å². The van der Waals surface area contributed by atoms with Crippen LogP contribution < -0.4 is 10.6 Å². The number of piperazine rings is 1. The molecule has 5 rings (SSSR count). The molecule has 194 valence electrons. The van der Waals surface area contributed by atoms with Gasteiger partial charge in [0.1, 0.15) is 5.84 Å². The largest absolute Gasteiger partial charge is 0.359 e. The molecule has 2 aliphatic heterocycles. The van der Waals surface area contributed by atoms with Crippen LogP contribution in [0.4, 0.5) is 10.1 Å². The van der Waals surface area contributed by atoms with E-state index in [0.717, 1.165) is 61.1 Å². The molecule has 2 unspecified atom stereocenters. The maximum atomic E-state index is 16.5. The van der Waals surface area contributed by atoms with Crippen LogP contribution in [0.1, 0.15) is 24.8 Å². The van der Waals surface area contributed by atoms with Crippen molar-refractivity contribution in [2.75, 3.05) is 45.6 Å². The molecule has 37 heavy (non-hydrogen) atoms. The third-order valence-electron chi connectivity index (χ3n) is 7.31. The highest BCUT2D eigenvalue weighted by Gasteiger charge is 2.35. The Hall–Kier alpha value is -2.93. The Kier molecular flexibility index (Phi) is 7.79. The summed E-state index contributed by atoms with van der Waals surface area (Å²) in [6.45, 7) is 7.13. The highest BCUT2D eigenvalue weighted by atomic mass is 35.5. The molecule has 2 saturated heterocycles. The van der Waals surface area contributed by atoms with Gasteiger partial charge in [0.05, 0.1) is 10.7 Å². The van der Waals surface area contributed by atoms with E-state index in [2.05, 4.69) is 41.1 Å². The van der Waals surface area contributed by atoms with Gasteiger partial charge in [0.15, 0.2) is 5.82 Å². The number of likely N-dealkylation sites (tertiary alicyclic amines) is 1. The zero-order valence-corrected chi connectivity index (χ0v) is 22.4. The van der Waals surface area contributed by atoms with Crippen LogP contribution in [0.25, 0.3) is 21.9 Å². The summed E-state index contributed by atoms with van der Waals surface area (Å²) in [5, 5.41) is 9.15. The monoisotopic (exact) mass is 519 g/mol. The standard InChI is InChI=1S/C30H35ClFN5/c1-4-33-29-25(30(34-15-8-16-36(2)3)37-18-21-13-14-22(19-37)35-21)17-26(31)27(28(29)32)24-12-7-10-20-9-5-6-11-23(20)24/h4-7,9-12,17,21-22,33,35H,1,8,13-16,18-19H2,2-3H3/b34-30+. The molecule has 0 saturated carbocycles. The van der Waals surface area contributed by atoms with Crippen molar-refractivity contribution in [1.29, 1.82) is 0 Å². The van der Waals surface area contributed by atoms with Crippen molar-refractivity contribution in [2.24, 2.45) is 4.99 Å². The van der Waals surface area contributed by atoms with Gasteiger partial charge in [-0.05, 0) is 68.5 Å². The number of nitrogens with one attached hydrogen (secondary N) is 2. The van der Waals surface area contributed by atoms with Crippen LogP contribution in [-0.4, -0.2) is 68.0 Å². The van der Waals surface area contributed by atoms with Crippen LogP contribution in [0.5, 0.6) is 0 Å². The quantitative estimate of drug-likeness (QED) is 0.218. The van der Waals surface area contributed by atoms with Gasteiger partial charge in [-0.2, -0.15) is 0 Å². The lowest BCUT2D eigenvalue weighted by Gasteiger charge is -2.36. The SMILES string of the molecule is C=CNc1c(/C(=N\CCCN(C)C)N2CC3CCC(C2)N3)cc(Cl)c(-c2cccc3ccccc23)c1F. The Morgan fingerprint density at radius 2 is 1.92 bits per heavy atom. The summed E-state index contributed by atoms with van der Waals surface area (Å²) in [4.78, 5) is 9.52. The second kappa shape index (κ2) is 11.2. The molecule has 0 spiro atoms. The first-order valence-corrected chi connectivity index (χ1v) is 13.4. The van der Waals surface area contributed by atoms with E-state index in [1.54, 1.807) is 0 Å². The molecule has 0 aromatic heterocycles. The number of rotatable bonds is 8. The van der Waals surface area contributed by atoms with E-state index >= 15 is 4.39 Å². The highest BCUT2D eigenvalue weighted by Crippen LogP contribution is 2.41. The summed E-state index contributed by atoms with van der Waals surface area (Å²) in [6, 6.07) is 16.6. The summed E-state index contributed by atoms with van der Waals surface area (Å²) in [6.07, 6.45) is 4.75. The van der Waals surface area contributed by atoms with Gasteiger partial charge in [0.25, 0.3) is 0 Å². The molecular weight excluding hydrogens is 485 g/mol. The molecule has 5 nitrogen and oxygen atoms in total. The molecule has 0 radical (unpaired) electrons. The van der Waals surface area contributed by atoms with Crippen molar-refractivity contribution in [3.63, 3.8) is 0 Å². The van der Waals surface area contributed by atoms with Crippen LogP contribution in [0.15, 0.2) is 66.3 Å². The van der Waals surface area contributed by atoms with Crippen LogP contribution in [0, 0.1) is 5.82 Å². The molecule has 2 bridgehead atoms. The molecule has 3 aromatic rings. The maximum absolute atomic E-state index is 16.5. The molecule has 2 atom stereocenters. The number of benzene rings is 3. The van der Waals surface area contributed by atoms with Crippen LogP contribution in [0.3, 0.4) is 0 Å².